The Morgan fingerprint density at radius 2 is 1.68 bits per heavy atom. The van der Waals surface area contributed by atoms with E-state index >= 15 is 0 Å². The number of benzene rings is 1. The maximum absolute atomic E-state index is 11.1. The van der Waals surface area contributed by atoms with Crippen LogP contribution in [0.3, 0.4) is 0 Å². The fourth-order valence-electron chi connectivity index (χ4n) is 2.66. The Morgan fingerprint density at radius 3 is 2.32 bits per heavy atom. The number of aromatic carboxylic acids is 1. The number of carboxylic acids is 1. The summed E-state index contributed by atoms with van der Waals surface area (Å²) < 4.78 is 0. The van der Waals surface area contributed by atoms with Crippen LogP contribution < -0.4 is 9.80 Å². The molecule has 1 aliphatic heterocycles. The van der Waals surface area contributed by atoms with E-state index < -0.39 is 5.97 Å². The van der Waals surface area contributed by atoms with Gasteiger partial charge in [-0.05, 0) is 19.1 Å². The van der Waals surface area contributed by atoms with Gasteiger partial charge in [0.25, 0.3) is 0 Å². The van der Waals surface area contributed by atoms with Crippen molar-refractivity contribution in [1.82, 2.24) is 9.97 Å². The Kier molecular flexibility index (Phi) is 3.91. The minimum Gasteiger partial charge on any atom is -0.477 e. The lowest BCUT2D eigenvalue weighted by atomic mass is 10.2. The number of para-hydroxylation sites is 1. The first kappa shape index (κ1) is 14.3. The SMILES string of the molecule is Cc1nc(C(=O)O)cc(N2CCN(c3ccccc3)CC2)n1. The van der Waals surface area contributed by atoms with Crippen molar-refractivity contribution in [1.29, 1.82) is 0 Å². The van der Waals surface area contributed by atoms with E-state index in [9.17, 15) is 4.79 Å². The van der Waals surface area contributed by atoms with Crippen molar-refractivity contribution in [2.45, 2.75) is 6.92 Å². The van der Waals surface area contributed by atoms with E-state index in [1.807, 2.05) is 18.2 Å². The second-order valence-corrected chi connectivity index (χ2v) is 5.27. The lowest BCUT2D eigenvalue weighted by molar-refractivity contribution is 0.0690. The summed E-state index contributed by atoms with van der Waals surface area (Å²) >= 11 is 0. The molecular formula is C16H18N4O2. The van der Waals surface area contributed by atoms with E-state index in [4.69, 9.17) is 5.11 Å². The molecule has 2 heterocycles. The van der Waals surface area contributed by atoms with Crippen molar-refractivity contribution in [2.24, 2.45) is 0 Å². The van der Waals surface area contributed by atoms with Gasteiger partial charge in [0.05, 0.1) is 0 Å². The molecule has 1 aromatic carbocycles. The van der Waals surface area contributed by atoms with E-state index in [0.29, 0.717) is 11.6 Å². The maximum Gasteiger partial charge on any atom is 0.354 e. The fourth-order valence-corrected chi connectivity index (χ4v) is 2.66. The molecule has 0 atom stereocenters. The molecule has 3 rings (SSSR count). The molecule has 0 radical (unpaired) electrons. The van der Waals surface area contributed by atoms with Gasteiger partial charge >= 0.3 is 5.97 Å². The molecule has 0 bridgehead atoms. The largest absolute Gasteiger partial charge is 0.477 e. The molecule has 1 aromatic heterocycles. The first-order valence-electron chi connectivity index (χ1n) is 7.27. The molecule has 2 aromatic rings. The van der Waals surface area contributed by atoms with Gasteiger partial charge in [0, 0.05) is 37.9 Å². The minimum atomic E-state index is -1.02. The van der Waals surface area contributed by atoms with Gasteiger partial charge in [0.2, 0.25) is 0 Å². The van der Waals surface area contributed by atoms with Crippen molar-refractivity contribution in [3.63, 3.8) is 0 Å². The molecule has 1 aliphatic rings. The summed E-state index contributed by atoms with van der Waals surface area (Å²) in [5.41, 5.74) is 1.26. The van der Waals surface area contributed by atoms with E-state index in [1.54, 1.807) is 13.0 Å². The van der Waals surface area contributed by atoms with Crippen molar-refractivity contribution >= 4 is 17.5 Å². The van der Waals surface area contributed by atoms with Gasteiger partial charge in [-0.1, -0.05) is 18.2 Å². The fraction of sp³-hybridized carbons (Fsp3) is 0.312. The average molecular weight is 298 g/mol. The summed E-state index contributed by atoms with van der Waals surface area (Å²) in [5, 5.41) is 9.11. The molecule has 114 valence electrons. The summed E-state index contributed by atoms with van der Waals surface area (Å²) in [4.78, 5) is 23.9. The van der Waals surface area contributed by atoms with Crippen molar-refractivity contribution in [2.75, 3.05) is 36.0 Å². The Bertz CT molecular complexity index is 667. The molecule has 1 fully saturated rings. The quantitative estimate of drug-likeness (QED) is 0.932. The zero-order valence-electron chi connectivity index (χ0n) is 12.4. The molecule has 0 saturated carbocycles. The number of nitrogens with zero attached hydrogens (tertiary/aromatic N) is 4. The molecule has 0 amide bonds. The summed E-state index contributed by atoms with van der Waals surface area (Å²) in [5.74, 6) is 0.160. The van der Waals surface area contributed by atoms with Crippen LogP contribution in [0.15, 0.2) is 36.4 Å². The van der Waals surface area contributed by atoms with Crippen LogP contribution in [0.4, 0.5) is 11.5 Å². The normalized spacial score (nSPS) is 15.0. The highest BCUT2D eigenvalue weighted by Crippen LogP contribution is 2.19. The highest BCUT2D eigenvalue weighted by molar-refractivity contribution is 5.86. The number of hydrogen-bond donors (Lipinski definition) is 1. The van der Waals surface area contributed by atoms with Gasteiger partial charge in [-0.2, -0.15) is 0 Å². The predicted molar refractivity (Wildman–Crippen MR) is 84.6 cm³/mol. The number of carboxylic acid groups (broad SMARTS) is 1. The van der Waals surface area contributed by atoms with E-state index in [2.05, 4.69) is 31.9 Å². The van der Waals surface area contributed by atoms with Gasteiger partial charge in [0.15, 0.2) is 5.69 Å². The van der Waals surface area contributed by atoms with Gasteiger partial charge in [-0.25, -0.2) is 14.8 Å². The summed E-state index contributed by atoms with van der Waals surface area (Å²) in [7, 11) is 0. The molecule has 6 nitrogen and oxygen atoms in total. The van der Waals surface area contributed by atoms with Crippen LogP contribution in [0.5, 0.6) is 0 Å². The van der Waals surface area contributed by atoms with Gasteiger partial charge in [0.1, 0.15) is 11.6 Å². The molecule has 6 heteroatoms. The van der Waals surface area contributed by atoms with E-state index in [0.717, 1.165) is 26.2 Å². The number of hydrogen-bond acceptors (Lipinski definition) is 5. The third kappa shape index (κ3) is 3.00. The maximum atomic E-state index is 11.1. The second-order valence-electron chi connectivity index (χ2n) is 5.27. The van der Waals surface area contributed by atoms with Crippen LogP contribution in [-0.2, 0) is 0 Å². The van der Waals surface area contributed by atoms with E-state index in [-0.39, 0.29) is 5.69 Å². The highest BCUT2D eigenvalue weighted by Gasteiger charge is 2.20. The number of anilines is 2. The van der Waals surface area contributed by atoms with Crippen LogP contribution in [0.1, 0.15) is 16.3 Å². The van der Waals surface area contributed by atoms with Crippen LogP contribution in [0.2, 0.25) is 0 Å². The summed E-state index contributed by atoms with van der Waals surface area (Å²) in [6.07, 6.45) is 0. The zero-order valence-corrected chi connectivity index (χ0v) is 12.4. The Morgan fingerprint density at radius 1 is 1.05 bits per heavy atom. The van der Waals surface area contributed by atoms with Gasteiger partial charge in [-0.15, -0.1) is 0 Å². The van der Waals surface area contributed by atoms with Crippen molar-refractivity contribution in [3.8, 4) is 0 Å². The van der Waals surface area contributed by atoms with Gasteiger partial charge in [-0.3, -0.25) is 0 Å². The lowest BCUT2D eigenvalue weighted by Gasteiger charge is -2.36. The first-order valence-corrected chi connectivity index (χ1v) is 7.27. The summed E-state index contributed by atoms with van der Waals surface area (Å²) in [6.45, 7) is 5.11. The number of aromatic nitrogens is 2. The van der Waals surface area contributed by atoms with Crippen LogP contribution >= 0.6 is 0 Å². The lowest BCUT2D eigenvalue weighted by Crippen LogP contribution is -2.47. The number of piperazine rings is 1. The molecule has 1 N–H and O–H groups in total. The topological polar surface area (TPSA) is 69.6 Å². The number of aryl methyl sites for hydroxylation is 1. The molecule has 1 saturated heterocycles. The third-order valence-electron chi connectivity index (χ3n) is 3.77. The highest BCUT2D eigenvalue weighted by atomic mass is 16.4. The second kappa shape index (κ2) is 6.01. The smallest absolute Gasteiger partial charge is 0.354 e. The summed E-state index contributed by atoms with van der Waals surface area (Å²) in [6, 6.07) is 11.8. The zero-order chi connectivity index (χ0) is 15.5. The monoisotopic (exact) mass is 298 g/mol. The van der Waals surface area contributed by atoms with Gasteiger partial charge < -0.3 is 14.9 Å². The molecule has 0 unspecified atom stereocenters. The molecule has 22 heavy (non-hydrogen) atoms. The number of rotatable bonds is 3. The standard InChI is InChI=1S/C16H18N4O2/c1-12-17-14(16(21)22)11-15(18-12)20-9-7-19(8-10-20)13-5-3-2-4-6-13/h2-6,11H,7-10H2,1H3,(H,21,22). The van der Waals surface area contributed by atoms with Crippen LogP contribution in [0, 0.1) is 6.92 Å². The van der Waals surface area contributed by atoms with E-state index in [1.165, 1.54) is 5.69 Å². The van der Waals surface area contributed by atoms with Crippen LogP contribution in [0.25, 0.3) is 0 Å². The third-order valence-corrected chi connectivity index (χ3v) is 3.77. The number of carbonyl (C=O) groups is 1. The van der Waals surface area contributed by atoms with Crippen LogP contribution in [-0.4, -0.2) is 47.2 Å². The first-order chi connectivity index (χ1) is 10.6. The molecule has 0 spiro atoms. The Balaban J connectivity index is 1.73. The average Bonchev–Trinajstić information content (AvgIpc) is 2.55. The molecular weight excluding hydrogens is 280 g/mol. The Hall–Kier alpha value is -2.63. The minimum absolute atomic E-state index is 0.0491. The van der Waals surface area contributed by atoms with Crippen molar-refractivity contribution in [3.05, 3.63) is 47.9 Å². The van der Waals surface area contributed by atoms with Crippen molar-refractivity contribution < 1.29 is 9.90 Å². The Labute approximate surface area is 129 Å². The predicted octanol–water partition coefficient (Wildman–Crippen LogP) is 1.81. The molecule has 0 aliphatic carbocycles.